The van der Waals surface area contributed by atoms with E-state index in [9.17, 15) is 8.42 Å². The second-order valence-corrected chi connectivity index (χ2v) is 16.0. The number of nitrogens with zero attached hydrogens (tertiary/aromatic N) is 2. The topological polar surface area (TPSA) is 49.9 Å². The molecule has 1 aromatic carbocycles. The highest BCUT2D eigenvalue weighted by molar-refractivity contribution is 7.89. The third kappa shape index (κ3) is 7.93. The molecule has 0 unspecified atom stereocenters. The number of benzene rings is 1. The number of sulfonamides is 1. The van der Waals surface area contributed by atoms with E-state index in [1.54, 1.807) is 12.1 Å². The predicted octanol–water partition coefficient (Wildman–Crippen LogP) is 5.60. The first-order valence-corrected chi connectivity index (χ1v) is 15.3. The summed E-state index contributed by atoms with van der Waals surface area (Å²) in [6, 6.07) is 6.98. The van der Waals surface area contributed by atoms with Crippen LogP contribution < -0.4 is 0 Å². The van der Waals surface area contributed by atoms with E-state index in [1.807, 2.05) is 25.1 Å². The minimum absolute atomic E-state index is 0.0932. The van der Waals surface area contributed by atoms with Crippen LogP contribution in [-0.4, -0.2) is 52.3 Å². The van der Waals surface area contributed by atoms with Gasteiger partial charge < -0.3 is 4.53 Å². The van der Waals surface area contributed by atoms with Crippen LogP contribution in [-0.2, 0) is 14.6 Å². The van der Waals surface area contributed by atoms with E-state index in [4.69, 9.17) is 4.53 Å². The first-order valence-electron chi connectivity index (χ1n) is 11.0. The summed E-state index contributed by atoms with van der Waals surface area (Å²) in [5.74, 6) is 0. The number of hydrogen-bond acceptors (Lipinski definition) is 4. The fourth-order valence-electron chi connectivity index (χ4n) is 2.72. The molecule has 7 heteroatoms. The van der Waals surface area contributed by atoms with Gasteiger partial charge in [-0.2, -0.15) is 0 Å². The van der Waals surface area contributed by atoms with Crippen LogP contribution in [0.25, 0.3) is 0 Å². The Hall–Kier alpha value is -0.993. The van der Waals surface area contributed by atoms with E-state index in [2.05, 4.69) is 52.3 Å². The molecular weight excluding hydrogens is 412 g/mol. The zero-order valence-electron chi connectivity index (χ0n) is 20.1. The van der Waals surface area contributed by atoms with Crippen LogP contribution in [0, 0.1) is 6.92 Å². The van der Waals surface area contributed by atoms with Crippen molar-refractivity contribution in [3.8, 4) is 0 Å². The van der Waals surface area contributed by atoms with Gasteiger partial charge in [0.2, 0.25) is 8.32 Å². The molecule has 0 saturated heterocycles. The summed E-state index contributed by atoms with van der Waals surface area (Å²) in [7, 11) is -6.05. The predicted molar refractivity (Wildman–Crippen MR) is 130 cm³/mol. The molecular formula is C23H42N2O3SSi. The molecule has 5 nitrogen and oxygen atoms in total. The maximum atomic E-state index is 13.4. The third-order valence-electron chi connectivity index (χ3n) is 5.75. The molecule has 0 radical (unpaired) electrons. The Kier molecular flexibility index (Phi) is 10.4. The van der Waals surface area contributed by atoms with Gasteiger partial charge in [-0.15, -0.1) is 6.58 Å². The van der Waals surface area contributed by atoms with E-state index < -0.39 is 18.3 Å². The zero-order valence-corrected chi connectivity index (χ0v) is 21.9. The summed E-state index contributed by atoms with van der Waals surface area (Å²) in [6.07, 6.45) is 4.87. The molecule has 0 aromatic heterocycles. The number of hydrogen-bond donors (Lipinski definition) is 0. The van der Waals surface area contributed by atoms with Crippen molar-refractivity contribution >= 4 is 18.3 Å². The van der Waals surface area contributed by atoms with E-state index in [-0.39, 0.29) is 9.93 Å². The number of hydroxylamine groups is 1. The molecule has 0 saturated carbocycles. The molecule has 30 heavy (non-hydrogen) atoms. The Bertz CT molecular complexity index is 756. The van der Waals surface area contributed by atoms with Gasteiger partial charge in [0.25, 0.3) is 10.0 Å². The Balaban J connectivity index is 3.06. The summed E-state index contributed by atoms with van der Waals surface area (Å²) in [5, 5.41) is -0.0932. The van der Waals surface area contributed by atoms with Crippen molar-refractivity contribution < 1.29 is 12.9 Å². The van der Waals surface area contributed by atoms with Crippen LogP contribution in [0.1, 0.15) is 52.5 Å². The lowest BCUT2D eigenvalue weighted by Gasteiger charge is -2.39. The SMILES string of the molecule is C=CCN(CCCC)CCCN(O[Si](C)(C)C(C)(C)C)S(=O)(=O)c1ccc(C)cc1. The van der Waals surface area contributed by atoms with Crippen molar-refractivity contribution in [1.82, 2.24) is 9.37 Å². The standard InChI is InChI=1S/C23H42N2O3SSi/c1-9-11-18-24(17-10-2)19-12-20-25(28-30(7,8)23(4,5)6)29(26,27)22-15-13-21(3)14-16-22/h10,13-16H,2,9,11-12,17-20H2,1,3-8H3. The molecule has 172 valence electrons. The Morgan fingerprint density at radius 2 is 1.63 bits per heavy atom. The normalized spacial score (nSPS) is 13.2. The molecule has 0 N–H and O–H groups in total. The lowest BCUT2D eigenvalue weighted by atomic mass is 10.2. The molecule has 0 atom stereocenters. The summed E-state index contributed by atoms with van der Waals surface area (Å²) < 4.78 is 34.4. The molecule has 0 aliphatic rings. The van der Waals surface area contributed by atoms with Gasteiger partial charge in [-0.3, -0.25) is 4.90 Å². The third-order valence-corrected chi connectivity index (χ3v) is 11.8. The van der Waals surface area contributed by atoms with Crippen LogP contribution in [0.15, 0.2) is 41.8 Å². The van der Waals surface area contributed by atoms with E-state index in [1.165, 1.54) is 4.47 Å². The molecule has 0 heterocycles. The van der Waals surface area contributed by atoms with Crippen LogP contribution >= 0.6 is 0 Å². The lowest BCUT2D eigenvalue weighted by molar-refractivity contribution is 0.0157. The fraction of sp³-hybridized carbons (Fsp3) is 0.652. The second-order valence-electron chi connectivity index (χ2n) is 9.49. The average molecular weight is 455 g/mol. The molecule has 1 aromatic rings. The second kappa shape index (κ2) is 11.6. The molecule has 0 bridgehead atoms. The maximum Gasteiger partial charge on any atom is 0.264 e. The van der Waals surface area contributed by atoms with E-state index in [0.29, 0.717) is 13.0 Å². The van der Waals surface area contributed by atoms with Crippen LogP contribution in [0.3, 0.4) is 0 Å². The number of rotatable bonds is 13. The quantitative estimate of drug-likeness (QED) is 0.221. The summed E-state index contributed by atoms with van der Waals surface area (Å²) >= 11 is 0. The Labute approximate surface area is 186 Å². The summed E-state index contributed by atoms with van der Waals surface area (Å²) in [4.78, 5) is 2.60. The first-order chi connectivity index (χ1) is 13.8. The maximum absolute atomic E-state index is 13.4. The van der Waals surface area contributed by atoms with Gasteiger partial charge in [-0.05, 0) is 63.1 Å². The van der Waals surface area contributed by atoms with Gasteiger partial charge in [0, 0.05) is 13.1 Å². The molecule has 0 fully saturated rings. The van der Waals surface area contributed by atoms with Gasteiger partial charge in [0.15, 0.2) is 0 Å². The van der Waals surface area contributed by atoms with Gasteiger partial charge in [-0.1, -0.05) is 62.4 Å². The van der Waals surface area contributed by atoms with E-state index >= 15 is 0 Å². The molecule has 0 aliphatic heterocycles. The average Bonchev–Trinajstić information content (AvgIpc) is 2.64. The zero-order chi connectivity index (χ0) is 23.0. The minimum atomic E-state index is -3.73. The van der Waals surface area contributed by atoms with Gasteiger partial charge >= 0.3 is 0 Å². The number of unbranched alkanes of at least 4 members (excludes halogenated alkanes) is 1. The fourth-order valence-corrected chi connectivity index (χ4v) is 5.63. The Morgan fingerprint density at radius 3 is 2.13 bits per heavy atom. The van der Waals surface area contributed by atoms with Crippen LogP contribution in [0.5, 0.6) is 0 Å². The lowest BCUT2D eigenvalue weighted by Crippen LogP contribution is -2.49. The van der Waals surface area contributed by atoms with Crippen LogP contribution in [0.4, 0.5) is 0 Å². The summed E-state index contributed by atoms with van der Waals surface area (Å²) in [5.41, 5.74) is 1.03. The van der Waals surface area contributed by atoms with Crippen molar-refractivity contribution in [1.29, 1.82) is 0 Å². The monoisotopic (exact) mass is 454 g/mol. The molecule has 0 spiro atoms. The van der Waals surface area contributed by atoms with Gasteiger partial charge in [-0.25, -0.2) is 8.42 Å². The van der Waals surface area contributed by atoms with Gasteiger partial charge in [0.05, 0.1) is 4.90 Å². The smallest absolute Gasteiger partial charge is 0.264 e. The number of aryl methyl sites for hydroxylation is 1. The van der Waals surface area contributed by atoms with Crippen molar-refractivity contribution in [2.75, 3.05) is 26.2 Å². The summed E-state index contributed by atoms with van der Waals surface area (Å²) in [6.45, 7) is 21.4. The highest BCUT2D eigenvalue weighted by Gasteiger charge is 2.42. The van der Waals surface area contributed by atoms with Crippen molar-refractivity contribution in [2.45, 2.75) is 76.9 Å². The minimum Gasteiger partial charge on any atom is -0.329 e. The highest BCUT2D eigenvalue weighted by atomic mass is 32.2. The highest BCUT2D eigenvalue weighted by Crippen LogP contribution is 2.38. The molecule has 1 rings (SSSR count). The van der Waals surface area contributed by atoms with Gasteiger partial charge in [0.1, 0.15) is 0 Å². The molecule has 0 amide bonds. The van der Waals surface area contributed by atoms with Crippen molar-refractivity contribution in [2.24, 2.45) is 0 Å². The Morgan fingerprint density at radius 1 is 1.07 bits per heavy atom. The van der Waals surface area contributed by atoms with Crippen molar-refractivity contribution in [3.63, 3.8) is 0 Å². The largest absolute Gasteiger partial charge is 0.329 e. The van der Waals surface area contributed by atoms with Crippen molar-refractivity contribution in [3.05, 3.63) is 42.5 Å². The first kappa shape index (κ1) is 27.0. The molecule has 0 aliphatic carbocycles. The van der Waals surface area contributed by atoms with E-state index in [0.717, 1.165) is 38.0 Å². The van der Waals surface area contributed by atoms with Crippen LogP contribution in [0.2, 0.25) is 18.1 Å².